The van der Waals surface area contributed by atoms with Gasteiger partial charge in [0.2, 0.25) is 0 Å². The molecule has 1 fully saturated rings. The zero-order chi connectivity index (χ0) is 14.0. The summed E-state index contributed by atoms with van der Waals surface area (Å²) in [5.74, 6) is -0.859. The quantitative estimate of drug-likeness (QED) is 0.428. The van der Waals surface area contributed by atoms with Gasteiger partial charge in [0, 0.05) is 5.57 Å². The maximum absolute atomic E-state index is 11.6. The average Bonchev–Trinajstić information content (AvgIpc) is 2.63. The van der Waals surface area contributed by atoms with Crippen molar-refractivity contribution in [1.82, 2.24) is 0 Å². The third-order valence-electron chi connectivity index (χ3n) is 3.77. The minimum absolute atomic E-state index is 0.0709. The van der Waals surface area contributed by atoms with Gasteiger partial charge >= 0.3 is 5.97 Å². The maximum Gasteiger partial charge on any atom is 0.334 e. The molecule has 2 aliphatic rings. The molecule has 0 saturated carbocycles. The number of fused-ring (bicyclic) bond motifs is 1. The van der Waals surface area contributed by atoms with E-state index in [4.69, 9.17) is 4.74 Å². The molecule has 0 unspecified atom stereocenters. The van der Waals surface area contributed by atoms with E-state index in [-0.39, 0.29) is 6.61 Å². The van der Waals surface area contributed by atoms with Crippen LogP contribution in [0.15, 0.2) is 35.5 Å². The highest BCUT2D eigenvalue weighted by Gasteiger charge is 2.42. The van der Waals surface area contributed by atoms with Crippen LogP contribution >= 0.6 is 0 Å². The van der Waals surface area contributed by atoms with E-state index in [9.17, 15) is 15.0 Å². The van der Waals surface area contributed by atoms with Gasteiger partial charge in [-0.3, -0.25) is 0 Å². The molecular formula is C15H20O4. The predicted octanol–water partition coefficient (Wildman–Crippen LogP) is 1.49. The van der Waals surface area contributed by atoms with Crippen molar-refractivity contribution in [3.63, 3.8) is 0 Å². The molecule has 0 radical (unpaired) electrons. The van der Waals surface area contributed by atoms with Crippen molar-refractivity contribution in [3.05, 3.63) is 35.5 Å². The minimum Gasteiger partial charge on any atom is -0.454 e. The number of esters is 1. The molecule has 0 amide bonds. The first kappa shape index (κ1) is 14.0. The fourth-order valence-corrected chi connectivity index (χ4v) is 2.67. The average molecular weight is 264 g/mol. The molecular weight excluding hydrogens is 244 g/mol. The van der Waals surface area contributed by atoms with Crippen LogP contribution < -0.4 is 0 Å². The van der Waals surface area contributed by atoms with Crippen LogP contribution in [0.2, 0.25) is 0 Å². The smallest absolute Gasteiger partial charge is 0.334 e. The van der Waals surface area contributed by atoms with E-state index >= 15 is 0 Å². The normalized spacial score (nSPS) is 35.0. The number of allylic oxidation sites excluding steroid dienone is 2. The third kappa shape index (κ3) is 2.96. The topological polar surface area (TPSA) is 66.8 Å². The maximum atomic E-state index is 11.6. The van der Waals surface area contributed by atoms with Gasteiger partial charge in [-0.2, -0.15) is 0 Å². The Labute approximate surface area is 113 Å². The lowest BCUT2D eigenvalue weighted by atomic mass is 9.85. The Kier molecular flexibility index (Phi) is 4.22. The zero-order valence-corrected chi connectivity index (χ0v) is 11.1. The summed E-state index contributed by atoms with van der Waals surface area (Å²) < 4.78 is 5.26. The summed E-state index contributed by atoms with van der Waals surface area (Å²) >= 11 is 0. The number of carbonyl (C=O) groups excluding carboxylic acids is 1. The van der Waals surface area contributed by atoms with Gasteiger partial charge < -0.3 is 14.9 Å². The van der Waals surface area contributed by atoms with Crippen LogP contribution in [0, 0.1) is 5.92 Å². The first-order chi connectivity index (χ1) is 9.02. The van der Waals surface area contributed by atoms with Gasteiger partial charge in [0.25, 0.3) is 0 Å². The van der Waals surface area contributed by atoms with Gasteiger partial charge in [0.05, 0.1) is 18.6 Å². The molecule has 1 heterocycles. The summed E-state index contributed by atoms with van der Waals surface area (Å²) in [5, 5.41) is 19.6. The first-order valence-corrected chi connectivity index (χ1v) is 6.57. The van der Waals surface area contributed by atoms with Crippen LogP contribution in [-0.4, -0.2) is 35.0 Å². The van der Waals surface area contributed by atoms with Gasteiger partial charge in [-0.15, -0.1) is 0 Å². The van der Waals surface area contributed by atoms with Crippen molar-refractivity contribution in [2.75, 3.05) is 6.61 Å². The standard InChI is InChI=1S/C15H20O4/c1-9-4-3-5-11(8-16)7-12(17)14-10(2)15(18)19-13(14)6-9/h5-6,12-14,16-17H,2-4,7-8H2,1H3/b9-6?,11-5-/t12-,13-,14-/m1/s1. The monoisotopic (exact) mass is 264 g/mol. The Morgan fingerprint density at radius 1 is 1.53 bits per heavy atom. The molecule has 4 heteroatoms. The highest BCUT2D eigenvalue weighted by molar-refractivity contribution is 5.91. The molecule has 1 aliphatic heterocycles. The van der Waals surface area contributed by atoms with Gasteiger partial charge in [-0.1, -0.05) is 18.2 Å². The van der Waals surface area contributed by atoms with E-state index in [1.165, 1.54) is 0 Å². The molecule has 19 heavy (non-hydrogen) atoms. The van der Waals surface area contributed by atoms with E-state index in [0.717, 1.165) is 24.0 Å². The Hall–Kier alpha value is -1.39. The Morgan fingerprint density at radius 3 is 2.95 bits per heavy atom. The molecule has 3 atom stereocenters. The van der Waals surface area contributed by atoms with Gasteiger partial charge in [0.15, 0.2) is 0 Å². The van der Waals surface area contributed by atoms with Crippen molar-refractivity contribution >= 4 is 5.97 Å². The number of aliphatic hydroxyl groups excluding tert-OH is 2. The Bertz CT molecular complexity index is 447. The summed E-state index contributed by atoms with van der Waals surface area (Å²) in [6.45, 7) is 5.63. The van der Waals surface area contributed by atoms with Crippen molar-refractivity contribution < 1.29 is 19.7 Å². The van der Waals surface area contributed by atoms with E-state index < -0.39 is 24.1 Å². The van der Waals surface area contributed by atoms with Crippen molar-refractivity contribution in [2.45, 2.75) is 38.4 Å². The molecule has 1 aliphatic carbocycles. The number of hydrogen-bond donors (Lipinski definition) is 2. The Morgan fingerprint density at radius 2 is 2.26 bits per heavy atom. The highest BCUT2D eigenvalue weighted by Crippen LogP contribution is 2.34. The molecule has 2 N–H and O–H groups in total. The third-order valence-corrected chi connectivity index (χ3v) is 3.77. The summed E-state index contributed by atoms with van der Waals surface area (Å²) in [6, 6.07) is 0. The fourth-order valence-electron chi connectivity index (χ4n) is 2.67. The molecule has 0 spiro atoms. The minimum atomic E-state index is -0.760. The van der Waals surface area contributed by atoms with Gasteiger partial charge in [0.1, 0.15) is 6.10 Å². The van der Waals surface area contributed by atoms with Crippen LogP contribution in [0.25, 0.3) is 0 Å². The lowest BCUT2D eigenvalue weighted by molar-refractivity contribution is -0.137. The Balaban J connectivity index is 2.32. The number of hydrogen-bond acceptors (Lipinski definition) is 4. The molecule has 0 aromatic carbocycles. The molecule has 1 saturated heterocycles. The zero-order valence-electron chi connectivity index (χ0n) is 11.1. The van der Waals surface area contributed by atoms with Crippen LogP contribution in [0.3, 0.4) is 0 Å². The molecule has 2 rings (SSSR count). The number of ether oxygens (including phenoxy) is 1. The van der Waals surface area contributed by atoms with Crippen molar-refractivity contribution in [1.29, 1.82) is 0 Å². The highest BCUT2D eigenvalue weighted by atomic mass is 16.6. The lowest BCUT2D eigenvalue weighted by Crippen LogP contribution is -2.29. The second-order valence-corrected chi connectivity index (χ2v) is 5.26. The number of aliphatic hydroxyl groups is 2. The largest absolute Gasteiger partial charge is 0.454 e. The lowest BCUT2D eigenvalue weighted by Gasteiger charge is -2.23. The first-order valence-electron chi connectivity index (χ1n) is 6.57. The molecule has 4 nitrogen and oxygen atoms in total. The van der Waals surface area contributed by atoms with Crippen LogP contribution in [-0.2, 0) is 9.53 Å². The summed E-state index contributed by atoms with van der Waals surface area (Å²) in [4.78, 5) is 11.6. The van der Waals surface area contributed by atoms with E-state index in [2.05, 4.69) is 6.58 Å². The predicted molar refractivity (Wildman–Crippen MR) is 71.3 cm³/mol. The SMILES string of the molecule is C=C1C(=O)O[C@@H]2C=C(C)CC/C=C(\CO)C[C@@H](O)[C@@H]12. The van der Waals surface area contributed by atoms with Crippen LogP contribution in [0.5, 0.6) is 0 Å². The van der Waals surface area contributed by atoms with E-state index in [1.807, 2.05) is 19.1 Å². The second-order valence-electron chi connectivity index (χ2n) is 5.26. The van der Waals surface area contributed by atoms with Crippen LogP contribution in [0.1, 0.15) is 26.2 Å². The van der Waals surface area contributed by atoms with Crippen LogP contribution in [0.4, 0.5) is 0 Å². The summed E-state index contributed by atoms with van der Waals surface area (Å²) in [6.07, 6.45) is 4.69. The number of rotatable bonds is 1. The van der Waals surface area contributed by atoms with Crippen molar-refractivity contribution in [2.24, 2.45) is 5.92 Å². The summed E-state index contributed by atoms with van der Waals surface area (Å²) in [5.41, 5.74) is 2.23. The van der Waals surface area contributed by atoms with Crippen molar-refractivity contribution in [3.8, 4) is 0 Å². The molecule has 0 aromatic heterocycles. The van der Waals surface area contributed by atoms with E-state index in [1.54, 1.807) is 0 Å². The molecule has 0 aromatic rings. The molecule has 0 bridgehead atoms. The van der Waals surface area contributed by atoms with Gasteiger partial charge in [-0.25, -0.2) is 4.79 Å². The fraction of sp³-hybridized carbons (Fsp3) is 0.533. The van der Waals surface area contributed by atoms with Gasteiger partial charge in [-0.05, 0) is 37.8 Å². The second kappa shape index (κ2) is 5.72. The summed E-state index contributed by atoms with van der Waals surface area (Å²) in [7, 11) is 0. The van der Waals surface area contributed by atoms with E-state index in [0.29, 0.717) is 12.0 Å². The number of carbonyl (C=O) groups is 1. The molecule has 104 valence electrons.